The van der Waals surface area contributed by atoms with Gasteiger partial charge in [0.05, 0.1) is 0 Å². The topological polar surface area (TPSA) is 0 Å². The lowest BCUT2D eigenvalue weighted by Gasteiger charge is -2.42. The summed E-state index contributed by atoms with van der Waals surface area (Å²) in [4.78, 5) is 0.247. The van der Waals surface area contributed by atoms with Gasteiger partial charge in [0.15, 0.2) is 0 Å². The highest BCUT2D eigenvalue weighted by Crippen LogP contribution is 2.47. The maximum Gasteiger partial charge on any atom is 0.0475 e. The van der Waals surface area contributed by atoms with Gasteiger partial charge in [-0.2, -0.15) is 0 Å². The Morgan fingerprint density at radius 1 is 0.909 bits per heavy atom. The summed E-state index contributed by atoms with van der Waals surface area (Å²) in [5, 5.41) is 0. The van der Waals surface area contributed by atoms with Crippen LogP contribution in [0.1, 0.15) is 51.4 Å². The van der Waals surface area contributed by atoms with Crippen molar-refractivity contribution in [3.63, 3.8) is 0 Å². The summed E-state index contributed by atoms with van der Waals surface area (Å²) in [7, 11) is 0. The first kappa shape index (κ1) is 7.91. The summed E-state index contributed by atoms with van der Waals surface area (Å²) < 4.78 is 0. The molecule has 2 aliphatic carbocycles. The fourth-order valence-corrected chi connectivity index (χ4v) is 3.30. The van der Waals surface area contributed by atoms with Crippen LogP contribution < -0.4 is 0 Å². The average Bonchev–Trinajstić information content (AvgIpc) is 2.03. The quantitative estimate of drug-likeness (QED) is 0.489. The van der Waals surface area contributed by atoms with Gasteiger partial charge in [-0.15, -0.1) is 11.6 Å². The second-order valence-electron chi connectivity index (χ2n) is 4.22. The minimum Gasteiger partial charge on any atom is -0.119 e. The molecule has 0 amide bonds. The third-order valence-corrected chi connectivity index (χ3v) is 4.21. The summed E-state index contributed by atoms with van der Waals surface area (Å²) in [6, 6.07) is 0. The average molecular weight is 173 g/mol. The minimum absolute atomic E-state index is 0.247. The molecule has 0 aromatic carbocycles. The lowest BCUT2D eigenvalue weighted by Crippen LogP contribution is -2.37. The van der Waals surface area contributed by atoms with Crippen molar-refractivity contribution in [2.75, 3.05) is 0 Å². The Balaban J connectivity index is 2.06. The summed E-state index contributed by atoms with van der Waals surface area (Å²) in [6.07, 6.45) is 11.0. The molecule has 0 N–H and O–H groups in total. The molecule has 2 fully saturated rings. The predicted octanol–water partition coefficient (Wildman–Crippen LogP) is 3.73. The smallest absolute Gasteiger partial charge is 0.0475 e. The van der Waals surface area contributed by atoms with Crippen LogP contribution in [0.5, 0.6) is 0 Å². The molecular formula is C10H17Cl. The Morgan fingerprint density at radius 3 is 1.91 bits per heavy atom. The molecule has 0 atom stereocenters. The van der Waals surface area contributed by atoms with Crippen LogP contribution >= 0.6 is 11.6 Å². The molecule has 0 spiro atoms. The molecule has 0 radical (unpaired) electrons. The second-order valence-corrected chi connectivity index (χ2v) is 4.98. The van der Waals surface area contributed by atoms with E-state index in [0.29, 0.717) is 0 Å². The van der Waals surface area contributed by atoms with Crippen LogP contribution in [-0.4, -0.2) is 4.87 Å². The molecule has 0 nitrogen and oxygen atoms in total. The van der Waals surface area contributed by atoms with Crippen LogP contribution in [0, 0.1) is 5.92 Å². The van der Waals surface area contributed by atoms with Crippen molar-refractivity contribution in [1.82, 2.24) is 0 Å². The molecule has 2 aliphatic rings. The first-order valence-corrected chi connectivity index (χ1v) is 5.38. The van der Waals surface area contributed by atoms with Crippen LogP contribution in [0.2, 0.25) is 0 Å². The van der Waals surface area contributed by atoms with E-state index in [0.717, 1.165) is 5.92 Å². The molecular weight excluding hydrogens is 156 g/mol. The molecule has 0 bridgehead atoms. The highest BCUT2D eigenvalue weighted by Gasteiger charge is 2.40. The fourth-order valence-electron chi connectivity index (χ4n) is 2.81. The SMILES string of the molecule is ClC12CCCCC1CCCC2. The Hall–Kier alpha value is 0.290. The van der Waals surface area contributed by atoms with Crippen molar-refractivity contribution >= 4 is 11.6 Å². The number of rotatable bonds is 0. The van der Waals surface area contributed by atoms with E-state index in [9.17, 15) is 0 Å². The third-order valence-electron chi connectivity index (χ3n) is 3.52. The lowest BCUT2D eigenvalue weighted by molar-refractivity contribution is 0.197. The van der Waals surface area contributed by atoms with Gasteiger partial charge in [0.1, 0.15) is 0 Å². The van der Waals surface area contributed by atoms with Gasteiger partial charge < -0.3 is 0 Å². The predicted molar refractivity (Wildman–Crippen MR) is 49.0 cm³/mol. The third kappa shape index (κ3) is 1.42. The normalized spacial score (nSPS) is 45.0. The van der Waals surface area contributed by atoms with Gasteiger partial charge in [-0.3, -0.25) is 0 Å². The number of halogens is 1. The van der Waals surface area contributed by atoms with Crippen LogP contribution in [0.3, 0.4) is 0 Å². The summed E-state index contributed by atoms with van der Waals surface area (Å²) >= 11 is 6.58. The van der Waals surface area contributed by atoms with E-state index in [1.54, 1.807) is 0 Å². The molecule has 0 unspecified atom stereocenters. The standard InChI is InChI=1S/C10H17Cl/c11-10-7-3-1-5-9(10)6-2-4-8-10/h9H,1-8H2. The molecule has 0 aromatic rings. The minimum atomic E-state index is 0.247. The molecule has 64 valence electrons. The molecule has 1 heteroatoms. The Morgan fingerprint density at radius 2 is 1.45 bits per heavy atom. The maximum atomic E-state index is 6.58. The van der Waals surface area contributed by atoms with Crippen LogP contribution in [0.25, 0.3) is 0 Å². The van der Waals surface area contributed by atoms with Gasteiger partial charge >= 0.3 is 0 Å². The number of fused-ring (bicyclic) bond motifs is 1. The molecule has 0 saturated heterocycles. The number of hydrogen-bond acceptors (Lipinski definition) is 0. The molecule has 2 rings (SSSR count). The number of alkyl halides is 1. The van der Waals surface area contributed by atoms with Gasteiger partial charge in [-0.25, -0.2) is 0 Å². The Bertz CT molecular complexity index is 130. The van der Waals surface area contributed by atoms with Crippen molar-refractivity contribution in [3.05, 3.63) is 0 Å². The van der Waals surface area contributed by atoms with Crippen LogP contribution in [0.15, 0.2) is 0 Å². The molecule has 2 saturated carbocycles. The fraction of sp³-hybridized carbons (Fsp3) is 1.00. The van der Waals surface area contributed by atoms with Crippen LogP contribution in [0.4, 0.5) is 0 Å². The van der Waals surface area contributed by atoms with E-state index in [1.165, 1.54) is 51.4 Å². The monoisotopic (exact) mass is 172 g/mol. The summed E-state index contributed by atoms with van der Waals surface area (Å²) in [5.41, 5.74) is 0. The van der Waals surface area contributed by atoms with E-state index in [4.69, 9.17) is 11.6 Å². The van der Waals surface area contributed by atoms with Crippen molar-refractivity contribution < 1.29 is 0 Å². The molecule has 0 heterocycles. The highest BCUT2D eigenvalue weighted by atomic mass is 35.5. The van der Waals surface area contributed by atoms with Gasteiger partial charge in [0.25, 0.3) is 0 Å². The van der Waals surface area contributed by atoms with Gasteiger partial charge in [0.2, 0.25) is 0 Å². The van der Waals surface area contributed by atoms with Gasteiger partial charge in [-0.05, 0) is 31.6 Å². The molecule has 0 aromatic heterocycles. The van der Waals surface area contributed by atoms with Crippen molar-refractivity contribution in [1.29, 1.82) is 0 Å². The van der Waals surface area contributed by atoms with Gasteiger partial charge in [0, 0.05) is 4.87 Å². The van der Waals surface area contributed by atoms with E-state index in [1.807, 2.05) is 0 Å². The van der Waals surface area contributed by atoms with E-state index >= 15 is 0 Å². The zero-order valence-corrected chi connectivity index (χ0v) is 7.87. The zero-order chi connectivity index (χ0) is 7.73. The Labute approximate surface area is 74.3 Å². The van der Waals surface area contributed by atoms with Gasteiger partial charge in [-0.1, -0.05) is 25.7 Å². The van der Waals surface area contributed by atoms with Crippen molar-refractivity contribution in [2.24, 2.45) is 5.92 Å². The molecule has 0 aliphatic heterocycles. The van der Waals surface area contributed by atoms with Crippen molar-refractivity contribution in [3.8, 4) is 0 Å². The zero-order valence-electron chi connectivity index (χ0n) is 7.11. The van der Waals surface area contributed by atoms with E-state index in [2.05, 4.69) is 0 Å². The van der Waals surface area contributed by atoms with Crippen molar-refractivity contribution in [2.45, 2.75) is 56.2 Å². The van der Waals surface area contributed by atoms with E-state index < -0.39 is 0 Å². The number of hydrogen-bond donors (Lipinski definition) is 0. The summed E-state index contributed by atoms with van der Waals surface area (Å²) in [6.45, 7) is 0. The van der Waals surface area contributed by atoms with E-state index in [-0.39, 0.29) is 4.87 Å². The Kier molecular flexibility index (Phi) is 2.14. The largest absolute Gasteiger partial charge is 0.119 e. The first-order valence-electron chi connectivity index (χ1n) is 5.00. The maximum absolute atomic E-state index is 6.58. The second kappa shape index (κ2) is 2.97. The first-order chi connectivity index (χ1) is 5.31. The highest BCUT2D eigenvalue weighted by molar-refractivity contribution is 6.24. The molecule has 11 heavy (non-hydrogen) atoms. The summed E-state index contributed by atoms with van der Waals surface area (Å²) in [5.74, 6) is 0.867. The van der Waals surface area contributed by atoms with Crippen LogP contribution in [-0.2, 0) is 0 Å². The lowest BCUT2D eigenvalue weighted by atomic mass is 9.70.